The van der Waals surface area contributed by atoms with Crippen LogP contribution in [-0.2, 0) is 27.2 Å². The number of hydrogen-bond donors (Lipinski definition) is 1. The van der Waals surface area contributed by atoms with Crippen molar-refractivity contribution < 1.29 is 0 Å². The Kier molecular flexibility index (Phi) is 2.77. The first-order valence-corrected chi connectivity index (χ1v) is 4.78. The van der Waals surface area contributed by atoms with Crippen molar-refractivity contribution in [3.63, 3.8) is 0 Å². The predicted octanol–water partition coefficient (Wildman–Crippen LogP) is -0.162. The van der Waals surface area contributed by atoms with E-state index in [1.165, 1.54) is 0 Å². The summed E-state index contributed by atoms with van der Waals surface area (Å²) in [5.74, 6) is 0.928. The number of aryl methyl sites for hydroxylation is 2. The molecule has 0 fully saturated rings. The number of rotatable bonds is 4. The monoisotopic (exact) mass is 206 g/mol. The van der Waals surface area contributed by atoms with Crippen molar-refractivity contribution >= 4 is 0 Å². The summed E-state index contributed by atoms with van der Waals surface area (Å²) >= 11 is 0. The summed E-state index contributed by atoms with van der Waals surface area (Å²) in [4.78, 5) is 0. The molecule has 0 aliphatic rings. The molecule has 0 bridgehead atoms. The molecular weight excluding hydrogens is 192 g/mol. The van der Waals surface area contributed by atoms with Crippen molar-refractivity contribution in [2.45, 2.75) is 13.1 Å². The Morgan fingerprint density at radius 1 is 1.33 bits per heavy atom. The predicted molar refractivity (Wildman–Crippen MR) is 54.8 cm³/mol. The summed E-state index contributed by atoms with van der Waals surface area (Å²) < 4.78 is 3.75. The zero-order valence-electron chi connectivity index (χ0n) is 8.88. The van der Waals surface area contributed by atoms with Crippen molar-refractivity contribution in [1.82, 2.24) is 29.9 Å². The topological polar surface area (TPSA) is 60.6 Å². The van der Waals surface area contributed by atoms with Crippen LogP contribution in [0.3, 0.4) is 0 Å². The summed E-state index contributed by atoms with van der Waals surface area (Å²) in [5.41, 5.74) is 1.15. The molecule has 0 unspecified atom stereocenters. The minimum Gasteiger partial charge on any atom is -0.320 e. The molecule has 80 valence electrons. The highest BCUT2D eigenvalue weighted by Gasteiger charge is 2.01. The maximum atomic E-state index is 4.09. The van der Waals surface area contributed by atoms with E-state index in [0.29, 0.717) is 6.54 Å². The molecule has 0 aliphatic carbocycles. The molecule has 0 saturated carbocycles. The lowest BCUT2D eigenvalue weighted by atomic mass is 10.4. The molecule has 15 heavy (non-hydrogen) atoms. The van der Waals surface area contributed by atoms with Gasteiger partial charge in [-0.2, -0.15) is 5.10 Å². The third kappa shape index (κ3) is 2.21. The maximum absolute atomic E-state index is 4.09. The first-order chi connectivity index (χ1) is 7.27. The Morgan fingerprint density at radius 2 is 2.20 bits per heavy atom. The first kappa shape index (κ1) is 9.85. The van der Waals surface area contributed by atoms with Gasteiger partial charge in [0.15, 0.2) is 0 Å². The average molecular weight is 206 g/mol. The van der Waals surface area contributed by atoms with Gasteiger partial charge < -0.3 is 9.88 Å². The van der Waals surface area contributed by atoms with Crippen LogP contribution in [0, 0.1) is 0 Å². The van der Waals surface area contributed by atoms with E-state index in [1.807, 2.05) is 29.4 Å². The summed E-state index contributed by atoms with van der Waals surface area (Å²) in [6.07, 6.45) is 3.49. The molecule has 0 spiro atoms. The second-order valence-electron chi connectivity index (χ2n) is 3.41. The van der Waals surface area contributed by atoms with E-state index in [9.17, 15) is 0 Å². The lowest BCUT2D eigenvalue weighted by Crippen LogP contribution is -2.17. The fourth-order valence-electron chi connectivity index (χ4n) is 1.34. The Hall–Kier alpha value is -1.69. The van der Waals surface area contributed by atoms with Crippen molar-refractivity contribution in [2.75, 3.05) is 0 Å². The molecule has 0 atom stereocenters. The molecule has 0 radical (unpaired) electrons. The van der Waals surface area contributed by atoms with Crippen LogP contribution in [0.15, 0.2) is 18.6 Å². The summed E-state index contributed by atoms with van der Waals surface area (Å²) in [7, 11) is 3.86. The van der Waals surface area contributed by atoms with Crippen molar-refractivity contribution in [3.05, 3.63) is 30.1 Å². The number of hydrogen-bond acceptors (Lipinski definition) is 4. The minimum absolute atomic E-state index is 0.710. The van der Waals surface area contributed by atoms with Gasteiger partial charge in [-0.1, -0.05) is 0 Å². The van der Waals surface area contributed by atoms with Crippen LogP contribution >= 0.6 is 0 Å². The highest BCUT2D eigenvalue weighted by molar-refractivity contribution is 4.99. The van der Waals surface area contributed by atoms with Gasteiger partial charge in [-0.15, -0.1) is 10.2 Å². The fraction of sp³-hybridized carbons (Fsp3) is 0.444. The van der Waals surface area contributed by atoms with Gasteiger partial charge in [0.2, 0.25) is 0 Å². The second kappa shape index (κ2) is 4.22. The smallest absolute Gasteiger partial charge is 0.146 e. The molecule has 2 rings (SSSR count). The molecule has 6 nitrogen and oxygen atoms in total. The molecule has 1 N–H and O–H groups in total. The van der Waals surface area contributed by atoms with Gasteiger partial charge in [0.05, 0.1) is 12.2 Å². The normalized spacial score (nSPS) is 10.8. The van der Waals surface area contributed by atoms with Gasteiger partial charge in [-0.05, 0) is 6.07 Å². The highest BCUT2D eigenvalue weighted by atomic mass is 15.3. The van der Waals surface area contributed by atoms with Crippen LogP contribution in [0.25, 0.3) is 0 Å². The van der Waals surface area contributed by atoms with Gasteiger partial charge in [-0.25, -0.2) is 0 Å². The van der Waals surface area contributed by atoms with Crippen molar-refractivity contribution in [2.24, 2.45) is 14.1 Å². The lowest BCUT2D eigenvalue weighted by Gasteiger charge is -2.04. The van der Waals surface area contributed by atoms with E-state index in [2.05, 4.69) is 20.6 Å². The molecule has 0 aromatic carbocycles. The Bertz CT molecular complexity index is 389. The van der Waals surface area contributed by atoms with Crippen molar-refractivity contribution in [1.29, 1.82) is 0 Å². The van der Waals surface area contributed by atoms with E-state index in [1.54, 1.807) is 12.5 Å². The Balaban J connectivity index is 1.86. The van der Waals surface area contributed by atoms with E-state index in [4.69, 9.17) is 0 Å². The lowest BCUT2D eigenvalue weighted by molar-refractivity contribution is 0.598. The minimum atomic E-state index is 0.710. The van der Waals surface area contributed by atoms with Crippen LogP contribution in [0.4, 0.5) is 0 Å². The number of nitrogens with zero attached hydrogens (tertiary/aromatic N) is 5. The van der Waals surface area contributed by atoms with Crippen LogP contribution in [0.2, 0.25) is 0 Å². The van der Waals surface area contributed by atoms with Crippen LogP contribution in [0.1, 0.15) is 11.5 Å². The van der Waals surface area contributed by atoms with Gasteiger partial charge >= 0.3 is 0 Å². The van der Waals surface area contributed by atoms with Crippen LogP contribution in [0.5, 0.6) is 0 Å². The fourth-order valence-corrected chi connectivity index (χ4v) is 1.34. The summed E-state index contributed by atoms with van der Waals surface area (Å²) in [5, 5.41) is 15.2. The third-order valence-corrected chi connectivity index (χ3v) is 2.32. The highest BCUT2D eigenvalue weighted by Crippen LogP contribution is 1.96. The number of nitrogens with one attached hydrogen (secondary N) is 1. The van der Waals surface area contributed by atoms with Crippen LogP contribution in [-0.4, -0.2) is 24.5 Å². The van der Waals surface area contributed by atoms with Crippen LogP contribution < -0.4 is 5.32 Å². The zero-order valence-corrected chi connectivity index (χ0v) is 8.88. The number of aromatic nitrogens is 5. The standard InChI is InChI=1S/C9H14N6/c1-14-7-11-13-9(14)6-10-5-8-3-4-12-15(8)2/h3-4,7,10H,5-6H2,1-2H3. The molecule has 2 aromatic heterocycles. The van der Waals surface area contributed by atoms with Crippen molar-refractivity contribution in [3.8, 4) is 0 Å². The SMILES string of the molecule is Cn1cnnc1CNCc1ccnn1C. The Labute approximate surface area is 87.9 Å². The molecule has 2 heterocycles. The molecule has 0 saturated heterocycles. The molecule has 0 aliphatic heterocycles. The summed E-state index contributed by atoms with van der Waals surface area (Å²) in [6.45, 7) is 1.49. The second-order valence-corrected chi connectivity index (χ2v) is 3.41. The third-order valence-electron chi connectivity index (χ3n) is 2.32. The average Bonchev–Trinajstić information content (AvgIpc) is 2.78. The first-order valence-electron chi connectivity index (χ1n) is 4.78. The molecule has 2 aromatic rings. The molecule has 6 heteroatoms. The van der Waals surface area contributed by atoms with Gasteiger partial charge in [0.25, 0.3) is 0 Å². The quantitative estimate of drug-likeness (QED) is 0.755. The van der Waals surface area contributed by atoms with Gasteiger partial charge in [-0.3, -0.25) is 4.68 Å². The maximum Gasteiger partial charge on any atom is 0.146 e. The largest absolute Gasteiger partial charge is 0.320 e. The van der Waals surface area contributed by atoms with Gasteiger partial charge in [0, 0.05) is 26.8 Å². The van der Waals surface area contributed by atoms with E-state index in [0.717, 1.165) is 18.1 Å². The summed E-state index contributed by atoms with van der Waals surface area (Å²) in [6, 6.07) is 1.99. The Morgan fingerprint density at radius 3 is 2.80 bits per heavy atom. The van der Waals surface area contributed by atoms with E-state index in [-0.39, 0.29) is 0 Å². The van der Waals surface area contributed by atoms with Gasteiger partial charge in [0.1, 0.15) is 12.2 Å². The van der Waals surface area contributed by atoms with E-state index < -0.39 is 0 Å². The molecular formula is C9H14N6. The molecule has 0 amide bonds. The van der Waals surface area contributed by atoms with E-state index >= 15 is 0 Å². The zero-order chi connectivity index (χ0) is 10.7.